The molecule has 0 fully saturated rings. The van der Waals surface area contributed by atoms with Crippen LogP contribution in [0.15, 0.2) is 12.1 Å². The van der Waals surface area contributed by atoms with Gasteiger partial charge in [-0.05, 0) is 6.07 Å². The molecule has 5 nitrogen and oxygen atoms in total. The van der Waals surface area contributed by atoms with Crippen LogP contribution in [0.1, 0.15) is 10.4 Å². The second-order valence-corrected chi connectivity index (χ2v) is 3.42. The quantitative estimate of drug-likeness (QED) is 0.581. The highest BCUT2D eigenvalue weighted by molar-refractivity contribution is 6.52. The Kier molecular flexibility index (Phi) is 1.38. The van der Waals surface area contributed by atoms with Gasteiger partial charge in [0.25, 0.3) is 11.7 Å². The summed E-state index contributed by atoms with van der Waals surface area (Å²) >= 11 is 0. The molecular weight excluding hydrogens is 198 g/mol. The third kappa shape index (κ3) is 0.918. The Hall–Kier alpha value is -2.04. The Labute approximate surface area is 85.2 Å². The first-order chi connectivity index (χ1) is 7.18. The van der Waals surface area contributed by atoms with Gasteiger partial charge in [0.2, 0.25) is 6.79 Å². The van der Waals surface area contributed by atoms with E-state index in [0.717, 1.165) is 0 Å². The third-order valence-electron chi connectivity index (χ3n) is 2.60. The summed E-state index contributed by atoms with van der Waals surface area (Å²) < 4.78 is 10.3. The van der Waals surface area contributed by atoms with Crippen LogP contribution in [0.5, 0.6) is 11.5 Å². The number of ketones is 1. The molecule has 1 aromatic rings. The Morgan fingerprint density at radius 1 is 1.20 bits per heavy atom. The summed E-state index contributed by atoms with van der Waals surface area (Å²) in [6.45, 7) is 0.157. The van der Waals surface area contributed by atoms with Gasteiger partial charge in [-0.15, -0.1) is 0 Å². The van der Waals surface area contributed by atoms with Gasteiger partial charge in [0.1, 0.15) is 0 Å². The van der Waals surface area contributed by atoms with Crippen molar-refractivity contribution in [1.82, 2.24) is 0 Å². The lowest BCUT2D eigenvalue weighted by atomic mass is 10.1. The molecule has 0 unspecified atom stereocenters. The molecular formula is C10H7NO4. The van der Waals surface area contributed by atoms with Crippen molar-refractivity contribution < 1.29 is 19.1 Å². The van der Waals surface area contributed by atoms with Crippen LogP contribution in [0.25, 0.3) is 0 Å². The lowest BCUT2D eigenvalue weighted by Gasteiger charge is -2.08. The van der Waals surface area contributed by atoms with Gasteiger partial charge in [-0.3, -0.25) is 9.59 Å². The predicted octanol–water partition coefficient (Wildman–Crippen LogP) is 0.574. The maximum Gasteiger partial charge on any atom is 0.299 e. The summed E-state index contributed by atoms with van der Waals surface area (Å²) in [6.07, 6.45) is 0. The Morgan fingerprint density at radius 3 is 2.60 bits per heavy atom. The summed E-state index contributed by atoms with van der Waals surface area (Å²) in [5.74, 6) is 0.0766. The molecule has 2 heterocycles. The summed E-state index contributed by atoms with van der Waals surface area (Å²) in [4.78, 5) is 24.2. The minimum absolute atomic E-state index is 0.157. The molecule has 0 saturated heterocycles. The van der Waals surface area contributed by atoms with Gasteiger partial charge >= 0.3 is 0 Å². The minimum Gasteiger partial charge on any atom is -0.454 e. The molecule has 0 aromatic heterocycles. The molecule has 2 aliphatic heterocycles. The summed E-state index contributed by atoms with van der Waals surface area (Å²) in [5.41, 5.74) is 0.959. The fourth-order valence-electron chi connectivity index (χ4n) is 1.77. The molecule has 0 radical (unpaired) electrons. The molecule has 2 aliphatic rings. The number of anilines is 1. The zero-order valence-electron chi connectivity index (χ0n) is 7.94. The van der Waals surface area contributed by atoms with Crippen LogP contribution in [-0.4, -0.2) is 25.5 Å². The average Bonchev–Trinajstić information content (AvgIpc) is 2.77. The largest absolute Gasteiger partial charge is 0.454 e. The Bertz CT molecular complexity index is 494. The monoisotopic (exact) mass is 205 g/mol. The fourth-order valence-corrected chi connectivity index (χ4v) is 1.77. The van der Waals surface area contributed by atoms with Crippen molar-refractivity contribution in [3.63, 3.8) is 0 Å². The Morgan fingerprint density at radius 2 is 1.87 bits per heavy atom. The standard InChI is InChI=1S/C10H7NO4/c1-11-6-3-8-7(14-4-15-8)2-5(6)9(12)10(11)13/h2-3H,4H2,1H3. The number of hydrogen-bond donors (Lipinski definition) is 0. The van der Waals surface area contributed by atoms with Gasteiger partial charge in [0.05, 0.1) is 11.3 Å². The number of fused-ring (bicyclic) bond motifs is 2. The number of nitrogens with zero attached hydrogens (tertiary/aromatic N) is 1. The van der Waals surface area contributed by atoms with E-state index in [0.29, 0.717) is 22.7 Å². The molecule has 1 aromatic carbocycles. The highest BCUT2D eigenvalue weighted by Gasteiger charge is 2.35. The first-order valence-electron chi connectivity index (χ1n) is 4.44. The van der Waals surface area contributed by atoms with Crippen molar-refractivity contribution in [2.24, 2.45) is 0 Å². The van der Waals surface area contributed by atoms with E-state index in [4.69, 9.17) is 9.47 Å². The highest BCUT2D eigenvalue weighted by atomic mass is 16.7. The van der Waals surface area contributed by atoms with Gasteiger partial charge in [-0.1, -0.05) is 0 Å². The second kappa shape index (κ2) is 2.50. The lowest BCUT2D eigenvalue weighted by Crippen LogP contribution is -2.24. The number of ether oxygens (including phenoxy) is 2. The second-order valence-electron chi connectivity index (χ2n) is 3.42. The van der Waals surface area contributed by atoms with Crippen LogP contribution in [0.2, 0.25) is 0 Å². The average molecular weight is 205 g/mol. The smallest absolute Gasteiger partial charge is 0.299 e. The van der Waals surface area contributed by atoms with E-state index in [-0.39, 0.29) is 6.79 Å². The molecule has 0 saturated carbocycles. The van der Waals surface area contributed by atoms with Crippen LogP contribution in [0.3, 0.4) is 0 Å². The number of benzene rings is 1. The summed E-state index contributed by atoms with van der Waals surface area (Å²) in [5, 5.41) is 0. The minimum atomic E-state index is -0.520. The first kappa shape index (κ1) is 8.28. The van der Waals surface area contributed by atoms with Crippen molar-refractivity contribution >= 4 is 17.4 Å². The number of carbonyl (C=O) groups excluding carboxylic acids is 2. The molecule has 0 aliphatic carbocycles. The zero-order chi connectivity index (χ0) is 10.6. The van der Waals surface area contributed by atoms with E-state index in [1.54, 1.807) is 19.2 Å². The number of carbonyl (C=O) groups is 2. The van der Waals surface area contributed by atoms with Crippen LogP contribution in [-0.2, 0) is 4.79 Å². The first-order valence-corrected chi connectivity index (χ1v) is 4.44. The van der Waals surface area contributed by atoms with Gasteiger partial charge in [0.15, 0.2) is 11.5 Å². The number of rotatable bonds is 0. The molecule has 15 heavy (non-hydrogen) atoms. The van der Waals surface area contributed by atoms with E-state index in [9.17, 15) is 9.59 Å². The molecule has 3 rings (SSSR count). The van der Waals surface area contributed by atoms with Gasteiger partial charge < -0.3 is 14.4 Å². The van der Waals surface area contributed by atoms with Crippen LogP contribution < -0.4 is 14.4 Å². The van der Waals surface area contributed by atoms with E-state index < -0.39 is 11.7 Å². The molecule has 1 amide bonds. The lowest BCUT2D eigenvalue weighted by molar-refractivity contribution is -0.114. The molecule has 0 spiro atoms. The zero-order valence-corrected chi connectivity index (χ0v) is 7.94. The van der Waals surface area contributed by atoms with Crippen LogP contribution in [0, 0.1) is 0 Å². The fraction of sp³-hybridized carbons (Fsp3) is 0.200. The molecule has 76 valence electrons. The highest BCUT2D eigenvalue weighted by Crippen LogP contribution is 2.40. The van der Waals surface area contributed by atoms with Crippen molar-refractivity contribution in [2.75, 3.05) is 18.7 Å². The van der Waals surface area contributed by atoms with Gasteiger partial charge in [-0.2, -0.15) is 0 Å². The van der Waals surface area contributed by atoms with Gasteiger partial charge in [-0.25, -0.2) is 0 Å². The topological polar surface area (TPSA) is 55.8 Å². The molecule has 0 atom stereocenters. The molecule has 0 N–H and O–H groups in total. The maximum absolute atomic E-state index is 11.5. The van der Waals surface area contributed by atoms with Crippen molar-refractivity contribution in [3.8, 4) is 11.5 Å². The third-order valence-corrected chi connectivity index (χ3v) is 2.60. The number of Topliss-reactive ketones (excluding diaryl/α,β-unsaturated/α-hetero) is 1. The van der Waals surface area contributed by atoms with E-state index >= 15 is 0 Å². The number of amides is 1. The SMILES string of the molecule is CN1C(=O)C(=O)c2cc3c(cc21)OCO3. The van der Waals surface area contributed by atoms with Crippen molar-refractivity contribution in [1.29, 1.82) is 0 Å². The van der Waals surface area contributed by atoms with E-state index in [1.807, 2.05) is 0 Å². The van der Waals surface area contributed by atoms with E-state index in [1.165, 1.54) is 4.90 Å². The van der Waals surface area contributed by atoms with E-state index in [2.05, 4.69) is 0 Å². The summed E-state index contributed by atoms with van der Waals surface area (Å²) in [7, 11) is 1.56. The van der Waals surface area contributed by atoms with Crippen molar-refractivity contribution in [3.05, 3.63) is 17.7 Å². The normalized spacial score (nSPS) is 17.3. The van der Waals surface area contributed by atoms with Gasteiger partial charge in [0, 0.05) is 13.1 Å². The maximum atomic E-state index is 11.5. The number of hydrogen-bond acceptors (Lipinski definition) is 4. The summed E-state index contributed by atoms with van der Waals surface area (Å²) in [6, 6.07) is 3.21. The number of likely N-dealkylation sites (N-methyl/N-ethyl adjacent to an activating group) is 1. The predicted molar refractivity (Wildman–Crippen MR) is 50.3 cm³/mol. The Balaban J connectivity index is 2.24. The molecule has 0 bridgehead atoms. The van der Waals surface area contributed by atoms with Crippen LogP contribution >= 0.6 is 0 Å². The molecule has 5 heteroatoms. The van der Waals surface area contributed by atoms with Crippen molar-refractivity contribution in [2.45, 2.75) is 0 Å². The van der Waals surface area contributed by atoms with Crippen LogP contribution in [0.4, 0.5) is 5.69 Å².